The average molecular weight is 366 g/mol. The van der Waals surface area contributed by atoms with Gasteiger partial charge >= 0.3 is 6.03 Å². The fourth-order valence-corrected chi connectivity index (χ4v) is 3.58. The van der Waals surface area contributed by atoms with Gasteiger partial charge in [-0.2, -0.15) is 0 Å². The van der Waals surface area contributed by atoms with E-state index in [-0.39, 0.29) is 18.1 Å². The summed E-state index contributed by atoms with van der Waals surface area (Å²) in [6.07, 6.45) is 2.70. The molecule has 142 valence electrons. The van der Waals surface area contributed by atoms with Gasteiger partial charge in [-0.3, -0.25) is 10.1 Å². The number of halogens is 1. The molecule has 0 radical (unpaired) electrons. The Bertz CT molecular complexity index is 629. The first-order valence-corrected chi connectivity index (χ1v) is 9.24. The topological polar surface area (TPSA) is 76.3 Å². The molecule has 8 heteroatoms. The molecule has 3 amide bonds. The Hall–Kier alpha value is -2.03. The number of para-hydroxylation sites is 1. The van der Waals surface area contributed by atoms with Crippen molar-refractivity contribution in [3.8, 4) is 0 Å². The summed E-state index contributed by atoms with van der Waals surface area (Å²) in [6, 6.07) is 5.14. The van der Waals surface area contributed by atoms with Gasteiger partial charge in [0.25, 0.3) is 5.91 Å². The van der Waals surface area contributed by atoms with Crippen LogP contribution in [0.4, 0.5) is 14.9 Å². The van der Waals surface area contributed by atoms with E-state index in [1.165, 1.54) is 23.1 Å². The summed E-state index contributed by atoms with van der Waals surface area (Å²) in [5.74, 6) is -0.887. The first kappa shape index (κ1) is 18.8. The van der Waals surface area contributed by atoms with Crippen LogP contribution in [0.5, 0.6) is 0 Å². The van der Waals surface area contributed by atoms with Gasteiger partial charge in [0.2, 0.25) is 0 Å². The first-order chi connectivity index (χ1) is 12.6. The molecule has 2 fully saturated rings. The molecule has 26 heavy (non-hydrogen) atoms. The molecule has 1 atom stereocenters. The molecule has 0 aliphatic carbocycles. The van der Waals surface area contributed by atoms with Crippen molar-refractivity contribution in [1.82, 2.24) is 5.32 Å². The quantitative estimate of drug-likeness (QED) is 0.509. The van der Waals surface area contributed by atoms with Crippen molar-refractivity contribution >= 4 is 17.6 Å². The molecule has 0 spiro atoms. The van der Waals surface area contributed by atoms with E-state index in [1.807, 2.05) is 0 Å². The summed E-state index contributed by atoms with van der Waals surface area (Å²) in [5, 5.41) is 4.62. The SMILES string of the molecule is O=C(C[NH+]1CC[NH+](C[C@@H]2CCCO2)CC1)NC(=O)Nc1ccccc1F. The smallest absolute Gasteiger partial charge is 0.326 e. The third kappa shape index (κ3) is 5.48. The predicted molar refractivity (Wildman–Crippen MR) is 93.7 cm³/mol. The Morgan fingerprint density at radius 3 is 2.58 bits per heavy atom. The average Bonchev–Trinajstić information content (AvgIpc) is 3.11. The highest BCUT2D eigenvalue weighted by molar-refractivity contribution is 6.01. The van der Waals surface area contributed by atoms with Crippen molar-refractivity contribution in [3.05, 3.63) is 30.1 Å². The fraction of sp³-hybridized carbons (Fsp3) is 0.556. The van der Waals surface area contributed by atoms with E-state index in [0.717, 1.165) is 57.1 Å². The van der Waals surface area contributed by atoms with E-state index >= 15 is 0 Å². The minimum Gasteiger partial charge on any atom is -0.372 e. The number of carbonyl (C=O) groups excluding carboxylic acids is 2. The molecule has 2 aliphatic heterocycles. The highest BCUT2D eigenvalue weighted by Crippen LogP contribution is 2.11. The summed E-state index contributed by atoms with van der Waals surface area (Å²) in [5.41, 5.74) is 0.0523. The van der Waals surface area contributed by atoms with Crippen LogP contribution >= 0.6 is 0 Å². The normalized spacial score (nSPS) is 25.7. The Labute approximate surface area is 152 Å². The molecule has 1 aromatic rings. The zero-order valence-corrected chi connectivity index (χ0v) is 14.9. The Morgan fingerprint density at radius 2 is 1.88 bits per heavy atom. The van der Waals surface area contributed by atoms with Crippen molar-refractivity contribution in [1.29, 1.82) is 0 Å². The molecule has 4 N–H and O–H groups in total. The molecule has 0 aromatic heterocycles. The van der Waals surface area contributed by atoms with E-state index in [2.05, 4.69) is 10.6 Å². The zero-order valence-electron chi connectivity index (χ0n) is 14.9. The number of rotatable bonds is 5. The number of imide groups is 1. The lowest BCUT2D eigenvalue weighted by atomic mass is 10.2. The first-order valence-electron chi connectivity index (χ1n) is 9.24. The summed E-state index contributed by atoms with van der Waals surface area (Å²) >= 11 is 0. The largest absolute Gasteiger partial charge is 0.372 e. The second-order valence-electron chi connectivity index (χ2n) is 7.00. The molecule has 2 saturated heterocycles. The number of ether oxygens (including phenoxy) is 1. The van der Waals surface area contributed by atoms with Crippen LogP contribution in [0.3, 0.4) is 0 Å². The Morgan fingerprint density at radius 1 is 1.15 bits per heavy atom. The lowest BCUT2D eigenvalue weighted by molar-refractivity contribution is -1.01. The van der Waals surface area contributed by atoms with Gasteiger partial charge in [0.15, 0.2) is 6.54 Å². The van der Waals surface area contributed by atoms with E-state index in [1.54, 1.807) is 6.07 Å². The maximum Gasteiger partial charge on any atom is 0.326 e. The molecule has 3 rings (SSSR count). The summed E-state index contributed by atoms with van der Waals surface area (Å²) in [7, 11) is 0. The van der Waals surface area contributed by atoms with E-state index in [9.17, 15) is 14.0 Å². The number of hydrogen-bond acceptors (Lipinski definition) is 3. The highest BCUT2D eigenvalue weighted by atomic mass is 19.1. The summed E-state index contributed by atoms with van der Waals surface area (Å²) < 4.78 is 19.2. The standard InChI is InChI=1S/C18H25FN4O3/c19-15-5-1-2-6-16(15)20-18(25)21-17(24)13-23-9-7-22(8-10-23)12-14-4-3-11-26-14/h1-2,5-6,14H,3-4,7-13H2,(H2,20,21,24,25)/p+2/t14-/m0/s1. The van der Waals surface area contributed by atoms with E-state index in [0.29, 0.717) is 6.10 Å². The Kier molecular flexibility index (Phi) is 6.54. The molecule has 2 aliphatic rings. The van der Waals surface area contributed by atoms with Gasteiger partial charge in [-0.1, -0.05) is 12.1 Å². The minimum absolute atomic E-state index is 0.0523. The monoisotopic (exact) mass is 366 g/mol. The number of amides is 3. The van der Waals surface area contributed by atoms with Crippen molar-refractivity contribution < 1.29 is 28.5 Å². The molecule has 0 unspecified atom stereocenters. The van der Waals surface area contributed by atoms with Crippen LogP contribution in [0.25, 0.3) is 0 Å². The van der Waals surface area contributed by atoms with Gasteiger partial charge in [0, 0.05) is 6.61 Å². The number of quaternary nitrogens is 2. The number of anilines is 1. The molecule has 0 bridgehead atoms. The summed E-state index contributed by atoms with van der Waals surface area (Å²) in [4.78, 5) is 26.6. The van der Waals surface area contributed by atoms with Gasteiger partial charge in [-0.25, -0.2) is 9.18 Å². The maximum atomic E-state index is 13.5. The lowest BCUT2D eigenvalue weighted by Crippen LogP contribution is -3.28. The van der Waals surface area contributed by atoms with Gasteiger partial charge in [0.1, 0.15) is 44.6 Å². The number of urea groups is 1. The number of piperazine rings is 1. The lowest BCUT2D eigenvalue weighted by Gasteiger charge is -2.30. The fourth-order valence-electron chi connectivity index (χ4n) is 3.58. The molecule has 0 saturated carbocycles. The number of hydrogen-bond donors (Lipinski definition) is 4. The van der Waals surface area contributed by atoms with Crippen molar-refractivity contribution in [2.45, 2.75) is 18.9 Å². The third-order valence-corrected chi connectivity index (χ3v) is 4.99. The van der Waals surface area contributed by atoms with Gasteiger partial charge in [-0.15, -0.1) is 0 Å². The van der Waals surface area contributed by atoms with E-state index < -0.39 is 11.8 Å². The van der Waals surface area contributed by atoms with Gasteiger partial charge in [0.05, 0.1) is 5.69 Å². The molecule has 7 nitrogen and oxygen atoms in total. The second kappa shape index (κ2) is 9.07. The predicted octanol–water partition coefficient (Wildman–Crippen LogP) is -1.56. The van der Waals surface area contributed by atoms with Crippen molar-refractivity contribution in [3.63, 3.8) is 0 Å². The highest BCUT2D eigenvalue weighted by Gasteiger charge is 2.28. The van der Waals surface area contributed by atoms with Crippen LogP contribution in [0.15, 0.2) is 24.3 Å². The van der Waals surface area contributed by atoms with Crippen molar-refractivity contribution in [2.24, 2.45) is 0 Å². The van der Waals surface area contributed by atoms with Gasteiger partial charge in [-0.05, 0) is 25.0 Å². The Balaban J connectivity index is 1.36. The van der Waals surface area contributed by atoms with Crippen LogP contribution in [-0.4, -0.2) is 63.9 Å². The number of nitrogens with one attached hydrogen (secondary N) is 4. The van der Waals surface area contributed by atoms with Crippen LogP contribution < -0.4 is 20.4 Å². The van der Waals surface area contributed by atoms with Crippen LogP contribution in [0.2, 0.25) is 0 Å². The second-order valence-corrected chi connectivity index (χ2v) is 7.00. The van der Waals surface area contributed by atoms with Crippen molar-refractivity contribution in [2.75, 3.05) is 51.2 Å². The van der Waals surface area contributed by atoms with Gasteiger partial charge < -0.3 is 19.9 Å². The van der Waals surface area contributed by atoms with Crippen LogP contribution in [0, 0.1) is 5.82 Å². The zero-order chi connectivity index (χ0) is 18.4. The number of benzene rings is 1. The minimum atomic E-state index is -0.706. The summed E-state index contributed by atoms with van der Waals surface area (Å²) in [6.45, 7) is 5.97. The number of carbonyl (C=O) groups is 2. The van der Waals surface area contributed by atoms with Crippen LogP contribution in [0.1, 0.15) is 12.8 Å². The third-order valence-electron chi connectivity index (χ3n) is 4.99. The molecule has 2 heterocycles. The van der Waals surface area contributed by atoms with Crippen LogP contribution in [-0.2, 0) is 9.53 Å². The van der Waals surface area contributed by atoms with E-state index in [4.69, 9.17) is 4.74 Å². The maximum absolute atomic E-state index is 13.5. The molecule has 1 aromatic carbocycles. The molecular formula is C18H27FN4O3+2. The molecular weight excluding hydrogens is 339 g/mol.